The minimum Gasteiger partial charge on any atom is -0.493 e. The number of ether oxygens (including phenoxy) is 2. The molecule has 3 N–H and O–H groups in total. The summed E-state index contributed by atoms with van der Waals surface area (Å²) in [5, 5.41) is 7.05. The molecule has 0 bridgehead atoms. The number of halogens is 1. The molecule has 1 aliphatic rings. The van der Waals surface area contributed by atoms with Crippen LogP contribution in [-0.2, 0) is 10.3 Å². The third-order valence-electron chi connectivity index (χ3n) is 5.05. The van der Waals surface area contributed by atoms with Crippen molar-refractivity contribution in [3.63, 3.8) is 0 Å². The zero-order chi connectivity index (χ0) is 20.5. The van der Waals surface area contributed by atoms with Crippen LogP contribution in [0.5, 0.6) is 11.5 Å². The number of nitrogens with two attached hydrogens (primary N) is 1. The number of benzene rings is 1. The van der Waals surface area contributed by atoms with Crippen LogP contribution in [0.2, 0.25) is 0 Å². The van der Waals surface area contributed by atoms with E-state index >= 15 is 0 Å². The summed E-state index contributed by atoms with van der Waals surface area (Å²) in [5.41, 5.74) is 6.37. The van der Waals surface area contributed by atoms with Crippen molar-refractivity contribution in [2.24, 2.45) is 11.1 Å². The van der Waals surface area contributed by atoms with Gasteiger partial charge in [0.1, 0.15) is 0 Å². The maximum atomic E-state index is 12.6. The molecule has 0 unspecified atom stereocenters. The maximum Gasteiger partial charge on any atom is 0.260 e. The molecule has 1 heterocycles. The van der Waals surface area contributed by atoms with Gasteiger partial charge in [0, 0.05) is 11.5 Å². The molecule has 8 nitrogen and oxygen atoms in total. The number of hydrogen-bond donors (Lipinski definition) is 2. The number of methoxy groups -OCH3 is 2. The fraction of sp³-hybridized carbons (Fsp3) is 0.550. The van der Waals surface area contributed by atoms with Gasteiger partial charge in [-0.15, -0.1) is 12.4 Å². The molecule has 160 valence electrons. The van der Waals surface area contributed by atoms with E-state index in [-0.39, 0.29) is 24.2 Å². The zero-order valence-corrected chi connectivity index (χ0v) is 18.3. The topological polar surface area (TPSA) is 112 Å². The number of aromatic nitrogens is 2. The van der Waals surface area contributed by atoms with Gasteiger partial charge < -0.3 is 25.0 Å². The van der Waals surface area contributed by atoms with E-state index in [1.54, 1.807) is 19.2 Å². The minimum atomic E-state index is -0.574. The maximum absolute atomic E-state index is 12.6. The average Bonchev–Trinajstić information content (AvgIpc) is 3.30. The van der Waals surface area contributed by atoms with Gasteiger partial charge >= 0.3 is 0 Å². The van der Waals surface area contributed by atoms with Crippen molar-refractivity contribution in [3.8, 4) is 23.0 Å². The molecule has 1 aromatic carbocycles. The highest BCUT2D eigenvalue weighted by molar-refractivity contribution is 5.98. The van der Waals surface area contributed by atoms with Gasteiger partial charge in [-0.25, -0.2) is 0 Å². The lowest BCUT2D eigenvalue weighted by Gasteiger charge is -2.20. The first kappa shape index (κ1) is 23.0. The Morgan fingerprint density at radius 1 is 1.17 bits per heavy atom. The molecular formula is C20H29ClN4O4. The Labute approximate surface area is 176 Å². The number of nitrogens with one attached hydrogen (secondary N) is 1. The van der Waals surface area contributed by atoms with Gasteiger partial charge in [-0.1, -0.05) is 38.8 Å². The summed E-state index contributed by atoms with van der Waals surface area (Å²) >= 11 is 0. The lowest BCUT2D eigenvalue weighted by molar-refractivity contribution is -0.123. The molecular weight excluding hydrogens is 396 g/mol. The fourth-order valence-corrected chi connectivity index (χ4v) is 3.23. The van der Waals surface area contributed by atoms with Gasteiger partial charge in [0.25, 0.3) is 5.89 Å². The largest absolute Gasteiger partial charge is 0.493 e. The van der Waals surface area contributed by atoms with Crippen LogP contribution in [0.3, 0.4) is 0 Å². The van der Waals surface area contributed by atoms with Crippen molar-refractivity contribution < 1.29 is 18.8 Å². The third-order valence-corrected chi connectivity index (χ3v) is 5.05. The Morgan fingerprint density at radius 2 is 1.76 bits per heavy atom. The molecule has 1 saturated carbocycles. The smallest absolute Gasteiger partial charge is 0.260 e. The summed E-state index contributed by atoms with van der Waals surface area (Å²) < 4.78 is 16.3. The minimum absolute atomic E-state index is 0. The molecule has 0 radical (unpaired) electrons. The van der Waals surface area contributed by atoms with Crippen molar-refractivity contribution in [2.45, 2.75) is 52.0 Å². The van der Waals surface area contributed by atoms with Gasteiger partial charge in [-0.3, -0.25) is 4.79 Å². The van der Waals surface area contributed by atoms with Crippen LogP contribution in [0.1, 0.15) is 52.3 Å². The molecule has 0 spiro atoms. The van der Waals surface area contributed by atoms with Gasteiger partial charge in [-0.05, 0) is 18.9 Å². The summed E-state index contributed by atoms with van der Waals surface area (Å²) in [6.07, 6.45) is 3.74. The summed E-state index contributed by atoms with van der Waals surface area (Å²) in [7, 11) is 3.08. The molecule has 3 rings (SSSR count). The van der Waals surface area contributed by atoms with E-state index in [0.717, 1.165) is 25.7 Å². The molecule has 1 aromatic heterocycles. The summed E-state index contributed by atoms with van der Waals surface area (Å²) in [5.74, 6) is 1.60. The highest BCUT2D eigenvalue weighted by Gasteiger charge is 2.36. The van der Waals surface area contributed by atoms with Gasteiger partial charge in [-0.2, -0.15) is 4.98 Å². The first-order valence-electron chi connectivity index (χ1n) is 9.39. The standard InChI is InChI=1S/C20H28N4O4.ClH/c1-19(2,3)18(25)22-13-11-15(27-5)14(26-4)10-12(13)16-23-17(24-28-16)20(21)8-6-7-9-20;/h10-11H,6-9,21H2,1-5H3,(H,22,25);1H. The predicted octanol–water partition coefficient (Wildman–Crippen LogP) is 3.89. The van der Waals surface area contributed by atoms with Crippen LogP contribution in [0, 0.1) is 5.41 Å². The quantitative estimate of drug-likeness (QED) is 0.748. The Bertz CT molecular complexity index is 870. The van der Waals surface area contributed by atoms with Gasteiger partial charge in [0.2, 0.25) is 5.91 Å². The first-order chi connectivity index (χ1) is 13.2. The van der Waals surface area contributed by atoms with Crippen LogP contribution < -0.4 is 20.5 Å². The van der Waals surface area contributed by atoms with Crippen molar-refractivity contribution in [1.82, 2.24) is 10.1 Å². The SMILES string of the molecule is COc1cc(NC(=O)C(C)(C)C)c(-c2nc(C3(N)CCCC3)no2)cc1OC.Cl. The normalized spacial score (nSPS) is 15.5. The zero-order valence-electron chi connectivity index (χ0n) is 17.5. The van der Waals surface area contributed by atoms with E-state index in [2.05, 4.69) is 15.5 Å². The van der Waals surface area contributed by atoms with Crippen molar-refractivity contribution in [2.75, 3.05) is 19.5 Å². The molecule has 1 fully saturated rings. The van der Waals surface area contributed by atoms with E-state index in [1.807, 2.05) is 20.8 Å². The van der Waals surface area contributed by atoms with E-state index in [1.165, 1.54) is 7.11 Å². The Balaban J connectivity index is 0.00000300. The van der Waals surface area contributed by atoms with Gasteiger partial charge in [0.05, 0.1) is 31.0 Å². The lowest BCUT2D eigenvalue weighted by atomic mass is 9.95. The number of nitrogens with zero attached hydrogens (tertiary/aromatic N) is 2. The second-order valence-corrected chi connectivity index (χ2v) is 8.24. The predicted molar refractivity (Wildman–Crippen MR) is 113 cm³/mol. The average molecular weight is 425 g/mol. The Morgan fingerprint density at radius 3 is 2.31 bits per heavy atom. The van der Waals surface area contributed by atoms with Crippen molar-refractivity contribution >= 4 is 24.0 Å². The van der Waals surface area contributed by atoms with Crippen molar-refractivity contribution in [3.05, 3.63) is 18.0 Å². The summed E-state index contributed by atoms with van der Waals surface area (Å²) in [6, 6.07) is 3.40. The number of carbonyl (C=O) groups is 1. The highest BCUT2D eigenvalue weighted by atomic mass is 35.5. The molecule has 2 aromatic rings. The second-order valence-electron chi connectivity index (χ2n) is 8.24. The molecule has 1 aliphatic carbocycles. The molecule has 0 aliphatic heterocycles. The molecule has 29 heavy (non-hydrogen) atoms. The van der Waals surface area contributed by atoms with Crippen LogP contribution in [0.25, 0.3) is 11.5 Å². The fourth-order valence-electron chi connectivity index (χ4n) is 3.23. The monoisotopic (exact) mass is 424 g/mol. The van der Waals surface area contributed by atoms with E-state index in [9.17, 15) is 4.79 Å². The number of anilines is 1. The molecule has 1 amide bonds. The van der Waals surface area contributed by atoms with E-state index in [4.69, 9.17) is 19.7 Å². The van der Waals surface area contributed by atoms with Gasteiger partial charge in [0.15, 0.2) is 17.3 Å². The molecule has 9 heteroatoms. The first-order valence-corrected chi connectivity index (χ1v) is 9.39. The highest BCUT2D eigenvalue weighted by Crippen LogP contribution is 2.40. The van der Waals surface area contributed by atoms with Crippen LogP contribution >= 0.6 is 12.4 Å². The Hall–Kier alpha value is -2.32. The second kappa shape index (κ2) is 8.59. The van der Waals surface area contributed by atoms with E-state index in [0.29, 0.717) is 28.6 Å². The Kier molecular flexibility index (Phi) is 6.80. The number of carbonyl (C=O) groups excluding carboxylic acids is 1. The van der Waals surface area contributed by atoms with E-state index < -0.39 is 11.0 Å². The third kappa shape index (κ3) is 4.64. The number of rotatable bonds is 5. The number of hydrogen-bond acceptors (Lipinski definition) is 7. The summed E-state index contributed by atoms with van der Waals surface area (Å²) in [6.45, 7) is 5.52. The van der Waals surface area contributed by atoms with Crippen LogP contribution in [0.4, 0.5) is 5.69 Å². The van der Waals surface area contributed by atoms with Crippen molar-refractivity contribution in [1.29, 1.82) is 0 Å². The summed E-state index contributed by atoms with van der Waals surface area (Å²) in [4.78, 5) is 17.1. The molecule has 0 atom stereocenters. The molecule has 0 saturated heterocycles. The lowest BCUT2D eigenvalue weighted by Crippen LogP contribution is -2.34. The van der Waals surface area contributed by atoms with Crippen LogP contribution in [0.15, 0.2) is 16.7 Å². The van der Waals surface area contributed by atoms with Crippen LogP contribution in [-0.4, -0.2) is 30.3 Å². The number of amides is 1.